The van der Waals surface area contributed by atoms with Gasteiger partial charge in [-0.05, 0) is 61.4 Å². The van der Waals surface area contributed by atoms with Crippen LogP contribution in [0.1, 0.15) is 16.9 Å². The molecule has 0 aliphatic heterocycles. The fourth-order valence-corrected chi connectivity index (χ4v) is 2.56. The Kier molecular flexibility index (Phi) is 5.94. The Morgan fingerprint density at radius 3 is 2.78 bits per heavy atom. The van der Waals surface area contributed by atoms with E-state index in [1.807, 2.05) is 56.3 Å². The van der Waals surface area contributed by atoms with Gasteiger partial charge in [0.05, 0.1) is 6.21 Å². The average Bonchev–Trinajstić information content (AvgIpc) is 3.12. The fourth-order valence-electron chi connectivity index (χ4n) is 2.37. The Bertz CT molecular complexity index is 979. The summed E-state index contributed by atoms with van der Waals surface area (Å²) < 4.78 is 11.1. The second-order valence-electron chi connectivity index (χ2n) is 6.04. The summed E-state index contributed by atoms with van der Waals surface area (Å²) in [6, 6.07) is 16.6. The molecule has 0 unspecified atom stereocenters. The largest absolute Gasteiger partial charge is 0.484 e. The topological polar surface area (TPSA) is 63.8 Å². The predicted octanol–water partition coefficient (Wildman–Crippen LogP) is 4.75. The standard InChI is InChI=1S/C21H19ClN2O3/c1-14-6-7-18(10-15(14)2)26-13-21(25)24-23-12-19-8-9-20(27-19)16-4-3-5-17(22)11-16/h3-12H,13H2,1-2H3,(H,24,25)/b23-12+. The van der Waals surface area contributed by atoms with Crippen molar-refractivity contribution in [1.82, 2.24) is 5.43 Å². The van der Waals surface area contributed by atoms with Crippen molar-refractivity contribution < 1.29 is 13.9 Å². The van der Waals surface area contributed by atoms with Gasteiger partial charge in [-0.3, -0.25) is 4.79 Å². The first kappa shape index (κ1) is 18.7. The summed E-state index contributed by atoms with van der Waals surface area (Å²) in [4.78, 5) is 11.8. The van der Waals surface area contributed by atoms with E-state index in [1.165, 1.54) is 11.8 Å². The Labute approximate surface area is 162 Å². The first-order valence-electron chi connectivity index (χ1n) is 8.39. The molecule has 0 spiro atoms. The van der Waals surface area contributed by atoms with Gasteiger partial charge in [0.25, 0.3) is 5.91 Å². The number of halogens is 1. The second-order valence-corrected chi connectivity index (χ2v) is 6.48. The summed E-state index contributed by atoms with van der Waals surface area (Å²) in [6.07, 6.45) is 1.43. The number of rotatable bonds is 6. The van der Waals surface area contributed by atoms with E-state index in [2.05, 4.69) is 10.5 Å². The highest BCUT2D eigenvalue weighted by atomic mass is 35.5. The lowest BCUT2D eigenvalue weighted by Crippen LogP contribution is -2.24. The van der Waals surface area contributed by atoms with E-state index in [-0.39, 0.29) is 12.5 Å². The fraction of sp³-hybridized carbons (Fsp3) is 0.143. The van der Waals surface area contributed by atoms with Crippen molar-refractivity contribution in [2.24, 2.45) is 5.10 Å². The summed E-state index contributed by atoms with van der Waals surface area (Å²) in [7, 11) is 0. The SMILES string of the molecule is Cc1ccc(OCC(=O)N/N=C/c2ccc(-c3cccc(Cl)c3)o2)cc1C. The summed E-state index contributed by atoms with van der Waals surface area (Å²) >= 11 is 5.98. The van der Waals surface area contributed by atoms with Crippen LogP contribution in [0, 0.1) is 13.8 Å². The van der Waals surface area contributed by atoms with E-state index in [1.54, 1.807) is 12.1 Å². The number of carbonyl (C=O) groups excluding carboxylic acids is 1. The van der Waals surface area contributed by atoms with E-state index < -0.39 is 0 Å². The Hall–Kier alpha value is -3.05. The van der Waals surface area contributed by atoms with Crippen LogP contribution < -0.4 is 10.2 Å². The zero-order valence-corrected chi connectivity index (χ0v) is 15.8. The number of hydrogen-bond donors (Lipinski definition) is 1. The normalized spacial score (nSPS) is 10.9. The predicted molar refractivity (Wildman–Crippen MR) is 106 cm³/mol. The number of nitrogens with zero attached hydrogens (tertiary/aromatic N) is 1. The molecule has 0 aliphatic rings. The minimum absolute atomic E-state index is 0.119. The van der Waals surface area contributed by atoms with Crippen molar-refractivity contribution in [3.8, 4) is 17.1 Å². The van der Waals surface area contributed by atoms with Gasteiger partial charge in [-0.2, -0.15) is 5.10 Å². The second kappa shape index (κ2) is 8.56. The molecule has 2 aromatic carbocycles. The Morgan fingerprint density at radius 2 is 2.00 bits per heavy atom. The van der Waals surface area contributed by atoms with Crippen LogP contribution in [0.5, 0.6) is 5.75 Å². The summed E-state index contributed by atoms with van der Waals surface area (Å²) in [6.45, 7) is 3.90. The van der Waals surface area contributed by atoms with E-state index in [9.17, 15) is 4.79 Å². The average molecular weight is 383 g/mol. The highest BCUT2D eigenvalue weighted by molar-refractivity contribution is 6.30. The summed E-state index contributed by atoms with van der Waals surface area (Å²) in [5.74, 6) is 1.48. The number of hydrazone groups is 1. The van der Waals surface area contributed by atoms with Crippen LogP contribution in [0.4, 0.5) is 0 Å². The Morgan fingerprint density at radius 1 is 1.15 bits per heavy atom. The molecule has 0 fully saturated rings. The van der Waals surface area contributed by atoms with E-state index in [0.29, 0.717) is 22.3 Å². The molecule has 138 valence electrons. The first-order valence-corrected chi connectivity index (χ1v) is 8.77. The molecule has 0 atom stereocenters. The monoisotopic (exact) mass is 382 g/mol. The van der Waals surface area contributed by atoms with Crippen molar-refractivity contribution in [2.75, 3.05) is 6.61 Å². The number of hydrogen-bond acceptors (Lipinski definition) is 4. The van der Waals surface area contributed by atoms with Gasteiger partial charge in [-0.1, -0.05) is 29.8 Å². The third-order valence-electron chi connectivity index (χ3n) is 3.97. The van der Waals surface area contributed by atoms with Crippen LogP contribution in [-0.2, 0) is 4.79 Å². The number of nitrogens with one attached hydrogen (secondary N) is 1. The highest BCUT2D eigenvalue weighted by Crippen LogP contribution is 2.24. The maximum Gasteiger partial charge on any atom is 0.277 e. The molecule has 1 aromatic heterocycles. The van der Waals surface area contributed by atoms with Gasteiger partial charge in [0, 0.05) is 10.6 Å². The Balaban J connectivity index is 1.51. The van der Waals surface area contributed by atoms with Crippen molar-refractivity contribution in [3.05, 3.63) is 76.5 Å². The molecule has 6 heteroatoms. The zero-order valence-electron chi connectivity index (χ0n) is 15.0. The third kappa shape index (κ3) is 5.21. The van der Waals surface area contributed by atoms with Crippen LogP contribution in [0.15, 0.2) is 64.1 Å². The molecule has 0 bridgehead atoms. The molecule has 0 aliphatic carbocycles. The maximum atomic E-state index is 11.8. The third-order valence-corrected chi connectivity index (χ3v) is 4.20. The molecule has 3 aromatic rings. The maximum absolute atomic E-state index is 11.8. The minimum atomic E-state index is -0.355. The number of ether oxygens (including phenoxy) is 1. The molecule has 1 amide bonds. The number of benzene rings is 2. The number of furan rings is 1. The molecule has 1 N–H and O–H groups in total. The minimum Gasteiger partial charge on any atom is -0.484 e. The smallest absolute Gasteiger partial charge is 0.277 e. The van der Waals surface area contributed by atoms with Crippen LogP contribution in [0.3, 0.4) is 0 Å². The highest BCUT2D eigenvalue weighted by Gasteiger charge is 2.05. The van der Waals surface area contributed by atoms with Gasteiger partial charge in [0.15, 0.2) is 6.61 Å². The lowest BCUT2D eigenvalue weighted by molar-refractivity contribution is -0.123. The van der Waals surface area contributed by atoms with E-state index in [4.69, 9.17) is 20.8 Å². The molecule has 0 saturated heterocycles. The van der Waals surface area contributed by atoms with Gasteiger partial charge < -0.3 is 9.15 Å². The number of carbonyl (C=O) groups is 1. The van der Waals surface area contributed by atoms with Crippen molar-refractivity contribution in [2.45, 2.75) is 13.8 Å². The molecular weight excluding hydrogens is 364 g/mol. The molecule has 27 heavy (non-hydrogen) atoms. The quantitative estimate of drug-likeness (QED) is 0.494. The van der Waals surface area contributed by atoms with Crippen LogP contribution in [-0.4, -0.2) is 18.7 Å². The van der Waals surface area contributed by atoms with Gasteiger partial charge in [0.1, 0.15) is 17.3 Å². The molecule has 3 rings (SSSR count). The van der Waals surface area contributed by atoms with Gasteiger partial charge >= 0.3 is 0 Å². The first-order chi connectivity index (χ1) is 13.0. The number of aryl methyl sites for hydroxylation is 2. The van der Waals surface area contributed by atoms with Crippen LogP contribution in [0.2, 0.25) is 5.02 Å². The van der Waals surface area contributed by atoms with E-state index in [0.717, 1.165) is 11.1 Å². The lowest BCUT2D eigenvalue weighted by Gasteiger charge is -2.07. The van der Waals surface area contributed by atoms with Crippen LogP contribution >= 0.6 is 11.6 Å². The molecule has 5 nitrogen and oxygen atoms in total. The van der Waals surface area contributed by atoms with Crippen molar-refractivity contribution >= 4 is 23.7 Å². The molecule has 0 radical (unpaired) electrons. The lowest BCUT2D eigenvalue weighted by atomic mass is 10.1. The molecule has 0 saturated carbocycles. The number of amides is 1. The van der Waals surface area contributed by atoms with Gasteiger partial charge in [-0.25, -0.2) is 5.43 Å². The van der Waals surface area contributed by atoms with Gasteiger partial charge in [-0.15, -0.1) is 0 Å². The van der Waals surface area contributed by atoms with Crippen molar-refractivity contribution in [1.29, 1.82) is 0 Å². The van der Waals surface area contributed by atoms with Crippen molar-refractivity contribution in [3.63, 3.8) is 0 Å². The molecular formula is C21H19ClN2O3. The summed E-state index contributed by atoms with van der Waals surface area (Å²) in [5, 5.41) is 4.52. The van der Waals surface area contributed by atoms with Crippen LogP contribution in [0.25, 0.3) is 11.3 Å². The summed E-state index contributed by atoms with van der Waals surface area (Å²) in [5.41, 5.74) is 5.56. The molecule has 1 heterocycles. The van der Waals surface area contributed by atoms with E-state index >= 15 is 0 Å². The van der Waals surface area contributed by atoms with Gasteiger partial charge in [0.2, 0.25) is 0 Å². The zero-order chi connectivity index (χ0) is 19.2.